The quantitative estimate of drug-likeness (QED) is 0.738. The number of carbonyl (C=O) groups excluding carboxylic acids is 2. The molecule has 0 aliphatic heterocycles. The van der Waals surface area contributed by atoms with E-state index in [0.29, 0.717) is 34.4 Å². The molecule has 0 unspecified atom stereocenters. The van der Waals surface area contributed by atoms with E-state index in [2.05, 4.69) is 15.0 Å². The van der Waals surface area contributed by atoms with Crippen molar-refractivity contribution in [1.29, 1.82) is 0 Å². The molecule has 1 heterocycles. The van der Waals surface area contributed by atoms with Crippen LogP contribution < -0.4 is 5.32 Å². The molecule has 3 rings (SSSR count). The monoisotopic (exact) mass is 381 g/mol. The van der Waals surface area contributed by atoms with E-state index in [9.17, 15) is 14.0 Å². The molecular weight excluding hydrogens is 361 g/mol. The molecule has 2 amide bonds. The first-order chi connectivity index (χ1) is 13.4. The van der Waals surface area contributed by atoms with Crippen molar-refractivity contribution in [3.63, 3.8) is 0 Å². The van der Waals surface area contributed by atoms with E-state index in [4.69, 9.17) is 0 Å². The van der Waals surface area contributed by atoms with Crippen molar-refractivity contribution < 1.29 is 18.7 Å². The van der Waals surface area contributed by atoms with Gasteiger partial charge in [0, 0.05) is 36.4 Å². The zero-order valence-electron chi connectivity index (χ0n) is 15.8. The number of nitrogens with zero attached hydrogens (tertiary/aromatic N) is 2. The molecule has 0 aliphatic rings. The molecule has 2 aromatic carbocycles. The second-order valence-electron chi connectivity index (χ2n) is 6.45. The van der Waals surface area contributed by atoms with E-state index >= 15 is 0 Å². The first kappa shape index (κ1) is 19.3. The summed E-state index contributed by atoms with van der Waals surface area (Å²) in [5.41, 5.74) is 3.00. The first-order valence-electron chi connectivity index (χ1n) is 8.63. The number of methoxy groups -OCH3 is 1. The average Bonchev–Trinajstić information content (AvgIpc) is 2.67. The van der Waals surface area contributed by atoms with Crippen molar-refractivity contribution in [3.8, 4) is 0 Å². The van der Waals surface area contributed by atoms with Crippen LogP contribution in [0.1, 0.15) is 21.6 Å². The van der Waals surface area contributed by atoms with Gasteiger partial charge >= 0.3 is 6.09 Å². The van der Waals surface area contributed by atoms with Crippen LogP contribution in [0.25, 0.3) is 10.9 Å². The highest BCUT2D eigenvalue weighted by Gasteiger charge is 2.13. The van der Waals surface area contributed by atoms with Gasteiger partial charge < -0.3 is 15.0 Å². The number of aromatic nitrogens is 1. The summed E-state index contributed by atoms with van der Waals surface area (Å²) in [6.07, 6.45) is -0.422. The van der Waals surface area contributed by atoms with Gasteiger partial charge in [0.2, 0.25) is 0 Å². The van der Waals surface area contributed by atoms with Crippen LogP contribution in [0, 0.1) is 12.7 Å². The molecule has 0 fully saturated rings. The van der Waals surface area contributed by atoms with Gasteiger partial charge in [0.05, 0.1) is 18.2 Å². The molecule has 0 saturated carbocycles. The van der Waals surface area contributed by atoms with Gasteiger partial charge in [0.25, 0.3) is 5.91 Å². The van der Waals surface area contributed by atoms with Crippen LogP contribution in [0.4, 0.5) is 14.9 Å². The highest BCUT2D eigenvalue weighted by molar-refractivity contribution is 6.12. The Balaban J connectivity index is 1.78. The van der Waals surface area contributed by atoms with Crippen molar-refractivity contribution in [3.05, 3.63) is 71.2 Å². The van der Waals surface area contributed by atoms with Gasteiger partial charge in [-0.15, -0.1) is 0 Å². The van der Waals surface area contributed by atoms with Gasteiger partial charge in [-0.05, 0) is 42.8 Å². The Labute approximate surface area is 161 Å². The summed E-state index contributed by atoms with van der Waals surface area (Å²) in [4.78, 5) is 29.9. The minimum absolute atomic E-state index is 0.304. The number of nitrogens with one attached hydrogen (secondary N) is 1. The van der Waals surface area contributed by atoms with Gasteiger partial charge in [-0.3, -0.25) is 9.78 Å². The molecule has 1 aromatic heterocycles. The molecule has 6 nitrogen and oxygen atoms in total. The zero-order valence-corrected chi connectivity index (χ0v) is 15.8. The van der Waals surface area contributed by atoms with Gasteiger partial charge in [-0.1, -0.05) is 12.1 Å². The van der Waals surface area contributed by atoms with Crippen molar-refractivity contribution >= 4 is 28.6 Å². The lowest BCUT2D eigenvalue weighted by molar-refractivity contribution is 0.102. The lowest BCUT2D eigenvalue weighted by Crippen LogP contribution is -2.25. The number of rotatable bonds is 4. The molecule has 144 valence electrons. The molecule has 0 bridgehead atoms. The third-order valence-corrected chi connectivity index (χ3v) is 4.26. The molecule has 28 heavy (non-hydrogen) atoms. The number of fused-ring (bicyclic) bond motifs is 1. The Morgan fingerprint density at radius 1 is 1.14 bits per heavy atom. The van der Waals surface area contributed by atoms with Crippen molar-refractivity contribution in [2.75, 3.05) is 19.5 Å². The van der Waals surface area contributed by atoms with E-state index in [1.807, 2.05) is 12.1 Å². The predicted molar refractivity (Wildman–Crippen MR) is 105 cm³/mol. The Morgan fingerprint density at radius 3 is 2.54 bits per heavy atom. The van der Waals surface area contributed by atoms with E-state index in [1.165, 1.54) is 24.1 Å². The van der Waals surface area contributed by atoms with Gasteiger partial charge in [0.15, 0.2) is 0 Å². The average molecular weight is 381 g/mol. The third kappa shape index (κ3) is 4.25. The van der Waals surface area contributed by atoms with Crippen LogP contribution in [0.15, 0.2) is 48.5 Å². The Bertz CT molecular complexity index is 1030. The normalized spacial score (nSPS) is 10.6. The number of carbonyl (C=O) groups is 2. The largest absolute Gasteiger partial charge is 0.453 e. The number of anilines is 1. The molecule has 0 spiro atoms. The second-order valence-corrected chi connectivity index (χ2v) is 6.45. The second kappa shape index (κ2) is 8.04. The maximum Gasteiger partial charge on any atom is 0.409 e. The summed E-state index contributed by atoms with van der Waals surface area (Å²) in [7, 11) is 2.97. The molecule has 7 heteroatoms. The molecule has 0 aliphatic carbocycles. The maximum atomic E-state index is 13.5. The van der Waals surface area contributed by atoms with Crippen molar-refractivity contribution in [2.45, 2.75) is 13.5 Å². The lowest BCUT2D eigenvalue weighted by atomic mass is 10.1. The van der Waals surface area contributed by atoms with E-state index in [-0.39, 0.29) is 5.91 Å². The summed E-state index contributed by atoms with van der Waals surface area (Å²) in [6, 6.07) is 13.0. The molecule has 3 aromatic rings. The number of hydrogen-bond acceptors (Lipinski definition) is 4. The number of halogens is 1. The van der Waals surface area contributed by atoms with Gasteiger partial charge in [-0.25, -0.2) is 9.18 Å². The summed E-state index contributed by atoms with van der Waals surface area (Å²) in [5, 5.41) is 3.43. The summed E-state index contributed by atoms with van der Waals surface area (Å²) in [5.74, 6) is -0.703. The van der Waals surface area contributed by atoms with E-state index in [1.54, 1.807) is 38.2 Å². The van der Waals surface area contributed by atoms with E-state index in [0.717, 1.165) is 5.56 Å². The van der Waals surface area contributed by atoms with Gasteiger partial charge in [-0.2, -0.15) is 0 Å². The van der Waals surface area contributed by atoms with Crippen molar-refractivity contribution in [2.24, 2.45) is 0 Å². The smallest absolute Gasteiger partial charge is 0.409 e. The topological polar surface area (TPSA) is 71.5 Å². The molecule has 0 saturated heterocycles. The molecule has 0 radical (unpaired) electrons. The highest BCUT2D eigenvalue weighted by Crippen LogP contribution is 2.21. The van der Waals surface area contributed by atoms with Crippen LogP contribution in [-0.4, -0.2) is 36.0 Å². The van der Waals surface area contributed by atoms with Crippen LogP contribution in [0.2, 0.25) is 0 Å². The summed E-state index contributed by atoms with van der Waals surface area (Å²) >= 11 is 0. The third-order valence-electron chi connectivity index (χ3n) is 4.26. The fourth-order valence-corrected chi connectivity index (χ4v) is 2.91. The number of pyridine rings is 1. The standard InChI is InChI=1S/C21H20FN3O3/c1-13-10-18(17-9-6-15(22)11-19(17)23-13)20(26)24-16-7-4-14(5-8-16)12-25(2)21(27)28-3/h4-11H,12H2,1-3H3,(H,24,26). The Hall–Kier alpha value is -3.48. The summed E-state index contributed by atoms with van der Waals surface area (Å²) in [6.45, 7) is 2.15. The van der Waals surface area contributed by atoms with Crippen LogP contribution in [-0.2, 0) is 11.3 Å². The van der Waals surface area contributed by atoms with Crippen LogP contribution >= 0.6 is 0 Å². The maximum absolute atomic E-state index is 13.5. The van der Waals surface area contributed by atoms with Crippen molar-refractivity contribution in [1.82, 2.24) is 9.88 Å². The Kier molecular flexibility index (Phi) is 5.54. The first-order valence-corrected chi connectivity index (χ1v) is 8.63. The SMILES string of the molecule is COC(=O)N(C)Cc1ccc(NC(=O)c2cc(C)nc3cc(F)ccc23)cc1. The fraction of sp³-hybridized carbons (Fsp3) is 0.190. The summed E-state index contributed by atoms with van der Waals surface area (Å²) < 4.78 is 18.1. The zero-order chi connectivity index (χ0) is 20.3. The molecular formula is C21H20FN3O3. The number of hydrogen-bond donors (Lipinski definition) is 1. The van der Waals surface area contributed by atoms with Gasteiger partial charge in [0.1, 0.15) is 5.82 Å². The number of amides is 2. The van der Waals surface area contributed by atoms with Crippen LogP contribution in [0.5, 0.6) is 0 Å². The predicted octanol–water partition coefficient (Wildman–Crippen LogP) is 4.13. The molecule has 1 N–H and O–H groups in total. The van der Waals surface area contributed by atoms with Crippen LogP contribution in [0.3, 0.4) is 0 Å². The minimum Gasteiger partial charge on any atom is -0.453 e. The minimum atomic E-state index is -0.422. The highest BCUT2D eigenvalue weighted by atomic mass is 19.1. The van der Waals surface area contributed by atoms with E-state index < -0.39 is 11.9 Å². The Morgan fingerprint density at radius 2 is 1.86 bits per heavy atom. The lowest BCUT2D eigenvalue weighted by Gasteiger charge is -2.15. The number of aryl methyl sites for hydroxylation is 1. The number of ether oxygens (including phenoxy) is 1. The number of benzene rings is 2. The molecule has 0 atom stereocenters. The fourth-order valence-electron chi connectivity index (χ4n) is 2.91.